The third-order valence-corrected chi connectivity index (χ3v) is 2.96. The minimum atomic E-state index is -0.381. The Morgan fingerprint density at radius 1 is 1.32 bits per heavy atom. The van der Waals surface area contributed by atoms with Gasteiger partial charge in [0.15, 0.2) is 0 Å². The molecule has 5 nitrogen and oxygen atoms in total. The highest BCUT2D eigenvalue weighted by molar-refractivity contribution is 6.33. The molecule has 0 radical (unpaired) electrons. The van der Waals surface area contributed by atoms with Crippen LogP contribution in [-0.2, 0) is 7.05 Å². The van der Waals surface area contributed by atoms with Crippen molar-refractivity contribution in [1.82, 2.24) is 9.78 Å². The van der Waals surface area contributed by atoms with Gasteiger partial charge in [-0.25, -0.2) is 4.68 Å². The number of aryl methyl sites for hydroxylation is 1. The number of aromatic nitrogens is 2. The third-order valence-electron chi connectivity index (χ3n) is 2.35. The molecular weight excluding hydrogens is 287 g/mol. The summed E-state index contributed by atoms with van der Waals surface area (Å²) in [4.78, 5) is 11.5. The SMILES string of the molecule is Cn1ncc(N/N=C\c2ccc(Cl)cc2)c(Cl)c1=O. The van der Waals surface area contributed by atoms with Gasteiger partial charge in [-0.05, 0) is 17.7 Å². The number of hydrogen-bond acceptors (Lipinski definition) is 4. The van der Waals surface area contributed by atoms with Crippen LogP contribution in [0.1, 0.15) is 5.56 Å². The van der Waals surface area contributed by atoms with Crippen molar-refractivity contribution in [3.63, 3.8) is 0 Å². The van der Waals surface area contributed by atoms with E-state index in [9.17, 15) is 4.79 Å². The van der Waals surface area contributed by atoms with Crippen LogP contribution in [0.25, 0.3) is 0 Å². The molecule has 0 atom stereocenters. The van der Waals surface area contributed by atoms with Crippen molar-refractivity contribution in [3.8, 4) is 0 Å². The lowest BCUT2D eigenvalue weighted by atomic mass is 10.2. The molecule has 1 aromatic carbocycles. The molecule has 2 rings (SSSR count). The number of nitrogens with zero attached hydrogens (tertiary/aromatic N) is 3. The summed E-state index contributed by atoms with van der Waals surface area (Å²) in [7, 11) is 1.52. The van der Waals surface area contributed by atoms with Gasteiger partial charge in [-0.1, -0.05) is 35.3 Å². The Hall–Kier alpha value is -1.85. The van der Waals surface area contributed by atoms with Gasteiger partial charge < -0.3 is 0 Å². The summed E-state index contributed by atoms with van der Waals surface area (Å²) in [6.07, 6.45) is 3.02. The molecule has 1 aromatic heterocycles. The van der Waals surface area contributed by atoms with E-state index in [1.165, 1.54) is 13.2 Å². The van der Waals surface area contributed by atoms with Crippen LogP contribution in [0.4, 0.5) is 5.69 Å². The monoisotopic (exact) mass is 296 g/mol. The van der Waals surface area contributed by atoms with E-state index in [0.29, 0.717) is 10.7 Å². The maximum atomic E-state index is 11.5. The number of benzene rings is 1. The molecule has 0 amide bonds. The van der Waals surface area contributed by atoms with Crippen LogP contribution in [0, 0.1) is 0 Å². The van der Waals surface area contributed by atoms with Gasteiger partial charge in [0, 0.05) is 12.1 Å². The topological polar surface area (TPSA) is 59.3 Å². The molecule has 0 fully saturated rings. The normalized spacial score (nSPS) is 10.9. The summed E-state index contributed by atoms with van der Waals surface area (Å²) in [6, 6.07) is 7.15. The molecule has 19 heavy (non-hydrogen) atoms. The van der Waals surface area contributed by atoms with Crippen molar-refractivity contribution in [2.45, 2.75) is 0 Å². The average molecular weight is 297 g/mol. The lowest BCUT2D eigenvalue weighted by Crippen LogP contribution is -2.20. The van der Waals surface area contributed by atoms with Crippen molar-refractivity contribution in [1.29, 1.82) is 0 Å². The van der Waals surface area contributed by atoms with Gasteiger partial charge in [0.1, 0.15) is 10.7 Å². The van der Waals surface area contributed by atoms with E-state index in [4.69, 9.17) is 23.2 Å². The zero-order valence-corrected chi connectivity index (χ0v) is 11.5. The first-order valence-corrected chi connectivity index (χ1v) is 6.10. The predicted molar refractivity (Wildman–Crippen MR) is 77.2 cm³/mol. The summed E-state index contributed by atoms with van der Waals surface area (Å²) in [6.45, 7) is 0. The van der Waals surface area contributed by atoms with Gasteiger partial charge in [-0.3, -0.25) is 10.2 Å². The second kappa shape index (κ2) is 5.86. The Labute approximate surface area is 119 Å². The van der Waals surface area contributed by atoms with Crippen LogP contribution in [-0.4, -0.2) is 16.0 Å². The molecule has 2 aromatic rings. The molecular formula is C12H10Cl2N4O. The quantitative estimate of drug-likeness (QED) is 0.699. The van der Waals surface area contributed by atoms with Crippen molar-refractivity contribution in [2.24, 2.45) is 12.1 Å². The third kappa shape index (κ3) is 3.33. The van der Waals surface area contributed by atoms with E-state index in [-0.39, 0.29) is 10.6 Å². The average Bonchev–Trinajstić information content (AvgIpc) is 2.41. The van der Waals surface area contributed by atoms with Crippen LogP contribution in [0.5, 0.6) is 0 Å². The summed E-state index contributed by atoms with van der Waals surface area (Å²) in [5, 5.41) is 8.53. The largest absolute Gasteiger partial charge is 0.287 e. The highest BCUT2D eigenvalue weighted by Gasteiger charge is 2.05. The molecule has 0 aliphatic heterocycles. The van der Waals surface area contributed by atoms with Gasteiger partial charge in [-0.2, -0.15) is 10.2 Å². The van der Waals surface area contributed by atoms with Crippen molar-refractivity contribution >= 4 is 35.1 Å². The Morgan fingerprint density at radius 3 is 2.68 bits per heavy atom. The van der Waals surface area contributed by atoms with Crippen LogP contribution in [0.2, 0.25) is 10.0 Å². The molecule has 7 heteroatoms. The fourth-order valence-corrected chi connectivity index (χ4v) is 1.65. The van der Waals surface area contributed by atoms with Gasteiger partial charge in [0.25, 0.3) is 5.56 Å². The summed E-state index contributed by atoms with van der Waals surface area (Å²) < 4.78 is 1.15. The van der Waals surface area contributed by atoms with E-state index in [1.807, 2.05) is 12.1 Å². The fraction of sp³-hybridized carbons (Fsp3) is 0.0833. The molecule has 0 aliphatic rings. The fourth-order valence-electron chi connectivity index (χ4n) is 1.31. The minimum absolute atomic E-state index is 0.0470. The second-order valence-electron chi connectivity index (χ2n) is 3.72. The van der Waals surface area contributed by atoms with Gasteiger partial charge in [-0.15, -0.1) is 0 Å². The van der Waals surface area contributed by atoms with Crippen LogP contribution >= 0.6 is 23.2 Å². The van der Waals surface area contributed by atoms with Crippen molar-refractivity contribution in [3.05, 3.63) is 56.4 Å². The smallest absolute Gasteiger partial charge is 0.275 e. The number of hydrogen-bond donors (Lipinski definition) is 1. The first-order chi connectivity index (χ1) is 9.08. The summed E-state index contributed by atoms with van der Waals surface area (Å²) in [5.41, 5.74) is 3.51. The van der Waals surface area contributed by atoms with E-state index in [1.54, 1.807) is 18.3 Å². The molecule has 0 bridgehead atoms. The van der Waals surface area contributed by atoms with Crippen LogP contribution in [0.15, 0.2) is 40.4 Å². The molecule has 98 valence electrons. The van der Waals surface area contributed by atoms with Gasteiger partial charge in [0.2, 0.25) is 0 Å². The number of nitrogens with one attached hydrogen (secondary N) is 1. The lowest BCUT2D eigenvalue weighted by Gasteiger charge is -2.03. The zero-order chi connectivity index (χ0) is 13.8. The maximum Gasteiger partial charge on any atom is 0.287 e. The Morgan fingerprint density at radius 2 is 2.00 bits per heavy atom. The standard InChI is InChI=1S/C12H10Cl2N4O/c1-18-12(19)11(14)10(7-16-18)17-15-6-8-2-4-9(13)5-3-8/h2-7,17H,1H3/b15-6-. The number of halogens is 2. The molecule has 0 unspecified atom stereocenters. The zero-order valence-electron chi connectivity index (χ0n) is 9.97. The number of anilines is 1. The molecule has 0 spiro atoms. The van der Waals surface area contributed by atoms with Gasteiger partial charge >= 0.3 is 0 Å². The highest BCUT2D eigenvalue weighted by atomic mass is 35.5. The Kier molecular flexibility index (Phi) is 4.19. The lowest BCUT2D eigenvalue weighted by molar-refractivity contribution is 0.708. The highest BCUT2D eigenvalue weighted by Crippen LogP contribution is 2.14. The van der Waals surface area contributed by atoms with E-state index >= 15 is 0 Å². The maximum absolute atomic E-state index is 11.5. The van der Waals surface area contributed by atoms with Gasteiger partial charge in [0.05, 0.1) is 12.4 Å². The van der Waals surface area contributed by atoms with Crippen LogP contribution in [0.3, 0.4) is 0 Å². The van der Waals surface area contributed by atoms with E-state index in [0.717, 1.165) is 10.2 Å². The van der Waals surface area contributed by atoms with E-state index in [2.05, 4.69) is 15.6 Å². The summed E-state index contributed by atoms with van der Waals surface area (Å²) in [5.74, 6) is 0. The first kappa shape index (κ1) is 13.6. The molecule has 0 saturated carbocycles. The Bertz CT molecular complexity index is 664. The summed E-state index contributed by atoms with van der Waals surface area (Å²) >= 11 is 11.6. The van der Waals surface area contributed by atoms with Crippen molar-refractivity contribution in [2.75, 3.05) is 5.43 Å². The molecule has 0 saturated heterocycles. The van der Waals surface area contributed by atoms with Crippen molar-refractivity contribution < 1.29 is 0 Å². The molecule has 1 heterocycles. The molecule has 1 N–H and O–H groups in total. The van der Waals surface area contributed by atoms with Crippen LogP contribution < -0.4 is 11.0 Å². The van der Waals surface area contributed by atoms with E-state index < -0.39 is 0 Å². The first-order valence-electron chi connectivity index (χ1n) is 5.34. The number of hydrazone groups is 1. The Balaban J connectivity index is 2.13. The number of rotatable bonds is 3. The predicted octanol–water partition coefficient (Wildman–Crippen LogP) is 2.53. The minimum Gasteiger partial charge on any atom is -0.275 e. The second-order valence-corrected chi connectivity index (χ2v) is 4.54. The molecule has 0 aliphatic carbocycles.